The summed E-state index contributed by atoms with van der Waals surface area (Å²) in [6, 6.07) is -0.0205. The van der Waals surface area contributed by atoms with Gasteiger partial charge in [0, 0.05) is 19.0 Å². The van der Waals surface area contributed by atoms with E-state index in [-0.39, 0.29) is 24.8 Å². The molecule has 0 aliphatic heterocycles. The number of nitrogens with one attached hydrogen (secondary N) is 1. The second kappa shape index (κ2) is 5.94. The SMILES string of the molecule is CC(CCC(=O)O)NCCS(N)(=O)=O. The normalized spacial score (nSPS) is 13.9. The van der Waals surface area contributed by atoms with E-state index in [0.29, 0.717) is 6.42 Å². The minimum atomic E-state index is -3.43. The van der Waals surface area contributed by atoms with Gasteiger partial charge in [0.25, 0.3) is 0 Å². The van der Waals surface area contributed by atoms with Crippen LogP contribution in [0.3, 0.4) is 0 Å². The fraction of sp³-hybridized carbons (Fsp3) is 0.857. The zero-order chi connectivity index (χ0) is 11.2. The molecule has 0 aliphatic carbocycles. The summed E-state index contributed by atoms with van der Waals surface area (Å²) in [5.74, 6) is -0.991. The molecule has 84 valence electrons. The summed E-state index contributed by atoms with van der Waals surface area (Å²) in [7, 11) is -3.43. The molecule has 0 saturated heterocycles. The third kappa shape index (κ3) is 9.43. The lowest BCUT2D eigenvalue weighted by Crippen LogP contribution is -2.33. The van der Waals surface area contributed by atoms with Crippen LogP contribution in [-0.2, 0) is 14.8 Å². The average molecular weight is 224 g/mol. The largest absolute Gasteiger partial charge is 0.481 e. The van der Waals surface area contributed by atoms with Gasteiger partial charge >= 0.3 is 5.97 Å². The molecule has 0 aromatic heterocycles. The topological polar surface area (TPSA) is 109 Å². The second-order valence-electron chi connectivity index (χ2n) is 3.15. The molecule has 6 nitrogen and oxygen atoms in total. The molecule has 0 bridgehead atoms. The Balaban J connectivity index is 3.54. The van der Waals surface area contributed by atoms with Gasteiger partial charge in [-0.15, -0.1) is 0 Å². The van der Waals surface area contributed by atoms with Crippen LogP contribution in [0.25, 0.3) is 0 Å². The minimum Gasteiger partial charge on any atom is -0.481 e. The molecular weight excluding hydrogens is 208 g/mol. The van der Waals surface area contributed by atoms with E-state index in [1.165, 1.54) is 0 Å². The highest BCUT2D eigenvalue weighted by atomic mass is 32.2. The van der Waals surface area contributed by atoms with Crippen LogP contribution in [0.2, 0.25) is 0 Å². The smallest absolute Gasteiger partial charge is 0.303 e. The number of rotatable bonds is 7. The van der Waals surface area contributed by atoms with E-state index in [2.05, 4.69) is 5.32 Å². The zero-order valence-electron chi connectivity index (χ0n) is 8.06. The molecule has 0 heterocycles. The maximum Gasteiger partial charge on any atom is 0.303 e. The van der Waals surface area contributed by atoms with Crippen molar-refractivity contribution in [3.8, 4) is 0 Å². The van der Waals surface area contributed by atoms with Crippen LogP contribution in [-0.4, -0.2) is 37.8 Å². The first-order valence-electron chi connectivity index (χ1n) is 4.27. The summed E-state index contributed by atoms with van der Waals surface area (Å²) in [6.45, 7) is 2.05. The predicted octanol–water partition coefficient (Wildman–Crippen LogP) is -0.882. The molecule has 7 heteroatoms. The molecule has 4 N–H and O–H groups in total. The highest BCUT2D eigenvalue weighted by Crippen LogP contribution is 1.95. The van der Waals surface area contributed by atoms with E-state index in [1.54, 1.807) is 6.92 Å². The highest BCUT2D eigenvalue weighted by Gasteiger charge is 2.06. The third-order valence-corrected chi connectivity index (χ3v) is 2.44. The van der Waals surface area contributed by atoms with Crippen LogP contribution < -0.4 is 10.5 Å². The van der Waals surface area contributed by atoms with Crippen LogP contribution in [0.15, 0.2) is 0 Å². The molecule has 1 unspecified atom stereocenters. The van der Waals surface area contributed by atoms with Gasteiger partial charge in [0.2, 0.25) is 10.0 Å². The number of aliphatic carboxylic acids is 1. The summed E-state index contributed by atoms with van der Waals surface area (Å²) in [5, 5.41) is 16.0. The lowest BCUT2D eigenvalue weighted by atomic mass is 10.2. The van der Waals surface area contributed by atoms with Crippen molar-refractivity contribution in [2.24, 2.45) is 5.14 Å². The monoisotopic (exact) mass is 224 g/mol. The first kappa shape index (κ1) is 13.3. The number of carbonyl (C=O) groups is 1. The van der Waals surface area contributed by atoms with E-state index in [1.807, 2.05) is 0 Å². The number of hydrogen-bond donors (Lipinski definition) is 3. The van der Waals surface area contributed by atoms with E-state index < -0.39 is 16.0 Å². The van der Waals surface area contributed by atoms with E-state index in [9.17, 15) is 13.2 Å². The Morgan fingerprint density at radius 2 is 2.14 bits per heavy atom. The number of sulfonamides is 1. The Morgan fingerprint density at radius 3 is 2.57 bits per heavy atom. The number of hydrogen-bond acceptors (Lipinski definition) is 4. The Hall–Kier alpha value is -0.660. The van der Waals surface area contributed by atoms with Crippen LogP contribution in [0, 0.1) is 0 Å². The molecule has 14 heavy (non-hydrogen) atoms. The van der Waals surface area contributed by atoms with Gasteiger partial charge in [-0.2, -0.15) is 0 Å². The molecule has 0 aromatic carbocycles. The van der Waals surface area contributed by atoms with Crippen molar-refractivity contribution in [1.82, 2.24) is 5.32 Å². The van der Waals surface area contributed by atoms with Crippen molar-refractivity contribution < 1.29 is 18.3 Å². The van der Waals surface area contributed by atoms with Crippen molar-refractivity contribution in [2.75, 3.05) is 12.3 Å². The second-order valence-corrected chi connectivity index (χ2v) is 4.89. The van der Waals surface area contributed by atoms with Gasteiger partial charge < -0.3 is 10.4 Å². The van der Waals surface area contributed by atoms with Crippen LogP contribution in [0.1, 0.15) is 19.8 Å². The Kier molecular flexibility index (Phi) is 5.66. The Bertz CT molecular complexity index is 275. The third-order valence-electron chi connectivity index (χ3n) is 1.67. The first-order valence-corrected chi connectivity index (χ1v) is 5.98. The molecule has 0 aliphatic rings. The molecule has 0 amide bonds. The standard InChI is InChI=1S/C7H16N2O4S/c1-6(2-3-7(10)11)9-4-5-14(8,12)13/h6,9H,2-5H2,1H3,(H,10,11)(H2,8,12,13). The van der Waals surface area contributed by atoms with E-state index in [4.69, 9.17) is 10.2 Å². The average Bonchev–Trinajstić information content (AvgIpc) is 1.98. The molecule has 0 radical (unpaired) electrons. The first-order chi connectivity index (χ1) is 6.31. The number of primary sulfonamides is 1. The van der Waals surface area contributed by atoms with Crippen LogP contribution >= 0.6 is 0 Å². The Labute approximate surface area is 83.5 Å². The number of nitrogens with two attached hydrogens (primary N) is 1. The predicted molar refractivity (Wildman–Crippen MR) is 52.3 cm³/mol. The number of carboxylic acids is 1. The van der Waals surface area contributed by atoms with Crippen molar-refractivity contribution >= 4 is 16.0 Å². The fourth-order valence-electron chi connectivity index (χ4n) is 0.890. The van der Waals surface area contributed by atoms with Gasteiger partial charge in [0.05, 0.1) is 5.75 Å². The van der Waals surface area contributed by atoms with E-state index in [0.717, 1.165) is 0 Å². The summed E-state index contributed by atoms with van der Waals surface area (Å²) in [4.78, 5) is 10.2. The van der Waals surface area contributed by atoms with Crippen molar-refractivity contribution in [3.63, 3.8) is 0 Å². The lowest BCUT2D eigenvalue weighted by Gasteiger charge is -2.11. The van der Waals surface area contributed by atoms with Gasteiger partial charge in [-0.25, -0.2) is 13.6 Å². The summed E-state index contributed by atoms with van der Waals surface area (Å²) < 4.78 is 21.0. The summed E-state index contributed by atoms with van der Waals surface area (Å²) in [5.41, 5.74) is 0. The van der Waals surface area contributed by atoms with Gasteiger partial charge in [-0.1, -0.05) is 0 Å². The van der Waals surface area contributed by atoms with Gasteiger partial charge in [0.15, 0.2) is 0 Å². The molecule has 1 atom stereocenters. The molecule has 0 aromatic rings. The summed E-state index contributed by atoms with van der Waals surface area (Å²) in [6.07, 6.45) is 0.545. The number of carboxylic acid groups (broad SMARTS) is 1. The van der Waals surface area contributed by atoms with Gasteiger partial charge in [-0.05, 0) is 13.3 Å². The van der Waals surface area contributed by atoms with Gasteiger partial charge in [0.1, 0.15) is 0 Å². The molecule has 0 fully saturated rings. The molecule has 0 rings (SSSR count). The minimum absolute atomic E-state index is 0.0205. The van der Waals surface area contributed by atoms with Crippen molar-refractivity contribution in [2.45, 2.75) is 25.8 Å². The lowest BCUT2D eigenvalue weighted by molar-refractivity contribution is -0.137. The maximum absolute atomic E-state index is 10.5. The van der Waals surface area contributed by atoms with Crippen LogP contribution in [0.4, 0.5) is 0 Å². The van der Waals surface area contributed by atoms with Crippen LogP contribution in [0.5, 0.6) is 0 Å². The maximum atomic E-state index is 10.5. The van der Waals surface area contributed by atoms with Gasteiger partial charge in [-0.3, -0.25) is 4.79 Å². The van der Waals surface area contributed by atoms with E-state index >= 15 is 0 Å². The fourth-order valence-corrected chi connectivity index (χ4v) is 1.29. The summed E-state index contributed by atoms with van der Waals surface area (Å²) >= 11 is 0. The molecule has 0 spiro atoms. The quantitative estimate of drug-likeness (QED) is 0.520. The van der Waals surface area contributed by atoms with Crippen molar-refractivity contribution in [3.05, 3.63) is 0 Å². The molecular formula is C7H16N2O4S. The molecule has 0 saturated carbocycles. The zero-order valence-corrected chi connectivity index (χ0v) is 8.88. The highest BCUT2D eigenvalue weighted by molar-refractivity contribution is 7.89. The Morgan fingerprint density at radius 1 is 1.57 bits per heavy atom. The van der Waals surface area contributed by atoms with Crippen molar-refractivity contribution in [1.29, 1.82) is 0 Å².